The van der Waals surface area contributed by atoms with Gasteiger partial charge in [-0.25, -0.2) is 0 Å². The zero-order chi connectivity index (χ0) is 15.9. The van der Waals surface area contributed by atoms with Gasteiger partial charge < -0.3 is 10.6 Å². The third kappa shape index (κ3) is 4.18. The summed E-state index contributed by atoms with van der Waals surface area (Å²) in [5, 5.41) is 6.95. The number of aryl methyl sites for hydroxylation is 1. The third-order valence-electron chi connectivity index (χ3n) is 3.87. The Hall–Kier alpha value is -1.65. The smallest absolute Gasteiger partial charge is 0.277 e. The molecule has 0 aliphatic heterocycles. The Labute approximate surface area is 136 Å². The molecule has 1 heterocycles. The Kier molecular flexibility index (Phi) is 6.16. The minimum atomic E-state index is -0.118. The van der Waals surface area contributed by atoms with Gasteiger partial charge in [0.05, 0.1) is 4.88 Å². The molecule has 3 nitrogen and oxygen atoms in total. The lowest BCUT2D eigenvalue weighted by molar-refractivity contribution is -0.704. The van der Waals surface area contributed by atoms with Crippen molar-refractivity contribution in [1.82, 2.24) is 5.32 Å². The number of carbonyl (C=O) groups excluding carboxylic acids is 1. The molecule has 22 heavy (non-hydrogen) atoms. The molecule has 4 heteroatoms. The molecule has 118 valence electrons. The van der Waals surface area contributed by atoms with Crippen molar-refractivity contribution in [2.24, 2.45) is 0 Å². The zero-order valence-electron chi connectivity index (χ0n) is 13.5. The van der Waals surface area contributed by atoms with E-state index >= 15 is 0 Å². The average molecular weight is 317 g/mol. The molecule has 1 aromatic carbocycles. The topological polar surface area (TPSA) is 45.7 Å². The van der Waals surface area contributed by atoms with E-state index in [1.165, 1.54) is 16.0 Å². The molecular formula is C18H25N2OS+. The SMILES string of the molecule is CCCc1ccc([C@@H]([NH2+][C@@H](C)C(=O)NC)c2cccs2)cc1. The summed E-state index contributed by atoms with van der Waals surface area (Å²) in [4.78, 5) is 13.1. The van der Waals surface area contributed by atoms with E-state index in [0.29, 0.717) is 0 Å². The van der Waals surface area contributed by atoms with Crippen LogP contribution < -0.4 is 10.6 Å². The van der Waals surface area contributed by atoms with E-state index in [-0.39, 0.29) is 18.0 Å². The fraction of sp³-hybridized carbons (Fsp3) is 0.389. The molecule has 0 unspecified atom stereocenters. The van der Waals surface area contributed by atoms with Crippen LogP contribution in [-0.4, -0.2) is 19.0 Å². The highest BCUT2D eigenvalue weighted by molar-refractivity contribution is 7.10. The van der Waals surface area contributed by atoms with Crippen LogP contribution in [0.5, 0.6) is 0 Å². The average Bonchev–Trinajstić information content (AvgIpc) is 3.07. The lowest BCUT2D eigenvalue weighted by Gasteiger charge is -2.19. The van der Waals surface area contributed by atoms with Crippen molar-refractivity contribution in [3.63, 3.8) is 0 Å². The minimum Gasteiger partial charge on any atom is -0.354 e. The van der Waals surface area contributed by atoms with Crippen LogP contribution in [0.15, 0.2) is 41.8 Å². The summed E-state index contributed by atoms with van der Waals surface area (Å²) in [6.07, 6.45) is 2.27. The largest absolute Gasteiger partial charge is 0.354 e. The lowest BCUT2D eigenvalue weighted by Crippen LogP contribution is -2.92. The monoisotopic (exact) mass is 317 g/mol. The summed E-state index contributed by atoms with van der Waals surface area (Å²) in [6, 6.07) is 13.1. The van der Waals surface area contributed by atoms with Crippen LogP contribution in [0.1, 0.15) is 42.3 Å². The molecule has 0 saturated carbocycles. The normalized spacial score (nSPS) is 13.6. The number of rotatable bonds is 7. The lowest BCUT2D eigenvalue weighted by atomic mass is 10.0. The zero-order valence-corrected chi connectivity index (χ0v) is 14.3. The molecule has 2 atom stereocenters. The fourth-order valence-electron chi connectivity index (χ4n) is 2.62. The van der Waals surface area contributed by atoms with Gasteiger partial charge in [0.25, 0.3) is 5.91 Å². The summed E-state index contributed by atoms with van der Waals surface area (Å²) in [5.74, 6) is 0.0594. The van der Waals surface area contributed by atoms with Crippen molar-refractivity contribution in [2.45, 2.75) is 38.8 Å². The van der Waals surface area contributed by atoms with Crippen molar-refractivity contribution in [1.29, 1.82) is 0 Å². The van der Waals surface area contributed by atoms with E-state index in [9.17, 15) is 4.79 Å². The second kappa shape index (κ2) is 8.11. The first-order valence-electron chi connectivity index (χ1n) is 7.84. The summed E-state index contributed by atoms with van der Waals surface area (Å²) in [5.41, 5.74) is 2.62. The van der Waals surface area contributed by atoms with Crippen molar-refractivity contribution in [3.8, 4) is 0 Å². The van der Waals surface area contributed by atoms with Crippen LogP contribution in [0, 0.1) is 0 Å². The summed E-state index contributed by atoms with van der Waals surface area (Å²) >= 11 is 1.74. The second-order valence-corrected chi connectivity index (χ2v) is 6.56. The number of benzene rings is 1. The van der Waals surface area contributed by atoms with Gasteiger partial charge in [0.1, 0.15) is 6.04 Å². The molecule has 1 aromatic heterocycles. The maximum absolute atomic E-state index is 11.8. The Bertz CT molecular complexity index is 578. The first kappa shape index (κ1) is 16.7. The van der Waals surface area contributed by atoms with Gasteiger partial charge in [-0.3, -0.25) is 4.79 Å². The summed E-state index contributed by atoms with van der Waals surface area (Å²) < 4.78 is 0. The predicted molar refractivity (Wildman–Crippen MR) is 92.1 cm³/mol. The number of likely N-dealkylation sites (N-methyl/N-ethyl adjacent to an activating group) is 1. The minimum absolute atomic E-state index is 0.0594. The molecule has 0 aliphatic rings. The molecule has 0 spiro atoms. The summed E-state index contributed by atoms with van der Waals surface area (Å²) in [7, 11) is 1.69. The molecule has 0 radical (unpaired) electrons. The molecule has 0 aliphatic carbocycles. The Balaban J connectivity index is 2.23. The van der Waals surface area contributed by atoms with Crippen LogP contribution in [0.4, 0.5) is 0 Å². The van der Waals surface area contributed by atoms with Gasteiger partial charge in [0, 0.05) is 12.6 Å². The van der Waals surface area contributed by atoms with E-state index in [1.54, 1.807) is 18.4 Å². The number of nitrogens with two attached hydrogens (primary N) is 1. The van der Waals surface area contributed by atoms with Crippen LogP contribution in [0.3, 0.4) is 0 Å². The van der Waals surface area contributed by atoms with E-state index in [4.69, 9.17) is 0 Å². The van der Waals surface area contributed by atoms with Crippen molar-refractivity contribution in [2.75, 3.05) is 7.05 Å². The number of amides is 1. The van der Waals surface area contributed by atoms with Gasteiger partial charge in [-0.05, 0) is 30.4 Å². The third-order valence-corrected chi connectivity index (χ3v) is 4.82. The fourth-order valence-corrected chi connectivity index (χ4v) is 3.46. The molecule has 2 rings (SSSR count). The highest BCUT2D eigenvalue weighted by atomic mass is 32.1. The van der Waals surface area contributed by atoms with Gasteiger partial charge >= 0.3 is 0 Å². The molecule has 2 aromatic rings. The Morgan fingerprint density at radius 2 is 2.00 bits per heavy atom. The number of carbonyl (C=O) groups is 1. The van der Waals surface area contributed by atoms with Crippen molar-refractivity contribution in [3.05, 3.63) is 57.8 Å². The first-order chi connectivity index (χ1) is 10.7. The highest BCUT2D eigenvalue weighted by Gasteiger charge is 2.24. The van der Waals surface area contributed by atoms with Crippen molar-refractivity contribution >= 4 is 17.2 Å². The predicted octanol–water partition coefficient (Wildman–Crippen LogP) is 2.49. The quantitative estimate of drug-likeness (QED) is 0.810. The maximum atomic E-state index is 11.8. The molecule has 0 bridgehead atoms. The number of hydrogen-bond donors (Lipinski definition) is 2. The number of hydrogen-bond acceptors (Lipinski definition) is 2. The van der Waals surface area contributed by atoms with Crippen LogP contribution in [0.25, 0.3) is 0 Å². The molecule has 0 saturated heterocycles. The van der Waals surface area contributed by atoms with Crippen LogP contribution in [0.2, 0.25) is 0 Å². The number of nitrogens with one attached hydrogen (secondary N) is 1. The van der Waals surface area contributed by atoms with E-state index in [2.05, 4.69) is 59.3 Å². The number of quaternary nitrogens is 1. The van der Waals surface area contributed by atoms with Gasteiger partial charge in [0.15, 0.2) is 6.04 Å². The van der Waals surface area contributed by atoms with Gasteiger partial charge in [0.2, 0.25) is 0 Å². The number of thiophene rings is 1. The Morgan fingerprint density at radius 1 is 1.27 bits per heavy atom. The van der Waals surface area contributed by atoms with E-state index < -0.39 is 0 Å². The van der Waals surface area contributed by atoms with Crippen LogP contribution >= 0.6 is 11.3 Å². The molecule has 1 amide bonds. The highest BCUT2D eigenvalue weighted by Crippen LogP contribution is 2.23. The van der Waals surface area contributed by atoms with Crippen LogP contribution in [-0.2, 0) is 11.2 Å². The molecule has 0 fully saturated rings. The molecular weight excluding hydrogens is 292 g/mol. The van der Waals surface area contributed by atoms with Crippen molar-refractivity contribution < 1.29 is 10.1 Å². The first-order valence-corrected chi connectivity index (χ1v) is 8.72. The van der Waals surface area contributed by atoms with E-state index in [1.807, 2.05) is 6.92 Å². The molecule has 3 N–H and O–H groups in total. The van der Waals surface area contributed by atoms with Gasteiger partial charge in [-0.1, -0.05) is 43.7 Å². The second-order valence-electron chi connectivity index (χ2n) is 5.58. The van der Waals surface area contributed by atoms with E-state index in [0.717, 1.165) is 12.8 Å². The summed E-state index contributed by atoms with van der Waals surface area (Å²) in [6.45, 7) is 4.14. The van der Waals surface area contributed by atoms with Gasteiger partial charge in [-0.2, -0.15) is 0 Å². The standard InChI is InChI=1S/C18H24N2OS/c1-4-6-14-8-10-15(11-9-14)17(16-7-5-12-22-16)20-13(2)18(21)19-3/h5,7-13,17,20H,4,6H2,1-3H3,(H,19,21)/p+1/t13-,17+/m0/s1. The Morgan fingerprint density at radius 3 is 2.55 bits per heavy atom. The van der Waals surface area contributed by atoms with Gasteiger partial charge in [-0.15, -0.1) is 11.3 Å². The maximum Gasteiger partial charge on any atom is 0.277 e.